The van der Waals surface area contributed by atoms with E-state index in [1.165, 1.54) is 13.2 Å². The van der Waals surface area contributed by atoms with Gasteiger partial charge in [-0.15, -0.1) is 5.10 Å². The summed E-state index contributed by atoms with van der Waals surface area (Å²) in [5.41, 5.74) is 4.28. The summed E-state index contributed by atoms with van der Waals surface area (Å²) in [6.07, 6.45) is 8.08. The van der Waals surface area contributed by atoms with Gasteiger partial charge >= 0.3 is 6.09 Å². The molecule has 27 heavy (non-hydrogen) atoms. The van der Waals surface area contributed by atoms with E-state index in [0.717, 1.165) is 29.7 Å². The van der Waals surface area contributed by atoms with Crippen LogP contribution < -0.4 is 5.32 Å². The van der Waals surface area contributed by atoms with E-state index < -0.39 is 11.9 Å². The fourth-order valence-electron chi connectivity index (χ4n) is 3.11. The van der Waals surface area contributed by atoms with Crippen LogP contribution in [0.5, 0.6) is 0 Å². The van der Waals surface area contributed by atoms with E-state index in [2.05, 4.69) is 20.1 Å². The molecular formula is C19H17FN4O3. The second-order valence-corrected chi connectivity index (χ2v) is 6.11. The van der Waals surface area contributed by atoms with Gasteiger partial charge in [-0.3, -0.25) is 0 Å². The number of hydrogen-bond acceptors (Lipinski definition) is 5. The van der Waals surface area contributed by atoms with Crippen molar-refractivity contribution in [3.63, 3.8) is 0 Å². The first-order valence-corrected chi connectivity index (χ1v) is 8.43. The molecule has 138 valence electrons. The van der Waals surface area contributed by atoms with E-state index >= 15 is 0 Å². The first-order valence-electron chi connectivity index (χ1n) is 8.43. The molecule has 1 amide bonds. The Balaban J connectivity index is 1.60. The summed E-state index contributed by atoms with van der Waals surface area (Å²) in [5.74, 6) is 0.0633. The van der Waals surface area contributed by atoms with Gasteiger partial charge in [-0.2, -0.15) is 0 Å². The van der Waals surface area contributed by atoms with Crippen LogP contribution in [0.15, 0.2) is 54.3 Å². The van der Waals surface area contributed by atoms with Crippen LogP contribution in [0.4, 0.5) is 9.18 Å². The maximum atomic E-state index is 14.0. The molecule has 7 nitrogen and oxygen atoms in total. The van der Waals surface area contributed by atoms with Gasteiger partial charge in [-0.25, -0.2) is 18.9 Å². The smallest absolute Gasteiger partial charge is 0.407 e. The zero-order chi connectivity index (χ0) is 18.8. The molecule has 4 rings (SSSR count). The summed E-state index contributed by atoms with van der Waals surface area (Å²) < 4.78 is 25.5. The van der Waals surface area contributed by atoms with Crippen LogP contribution in [0.2, 0.25) is 0 Å². The number of aromatic nitrogens is 3. The molecule has 2 aliphatic rings. The normalized spacial score (nSPS) is 15.3. The second-order valence-electron chi connectivity index (χ2n) is 6.11. The van der Waals surface area contributed by atoms with Gasteiger partial charge in [0.05, 0.1) is 25.3 Å². The molecule has 1 aliphatic heterocycles. The third-order valence-electron chi connectivity index (χ3n) is 4.49. The number of hydrogen-bond donors (Lipinski definition) is 1. The van der Waals surface area contributed by atoms with Gasteiger partial charge in [0.15, 0.2) is 5.82 Å². The minimum Gasteiger partial charge on any atom is -0.472 e. The summed E-state index contributed by atoms with van der Waals surface area (Å²) in [4.78, 5) is 15.6. The molecule has 0 fully saturated rings. The molecular weight excluding hydrogens is 351 g/mol. The van der Waals surface area contributed by atoms with Gasteiger partial charge in [0.2, 0.25) is 0 Å². The van der Waals surface area contributed by atoms with Crippen molar-refractivity contribution >= 4 is 11.8 Å². The lowest BCUT2D eigenvalue weighted by Crippen LogP contribution is -2.22. The summed E-state index contributed by atoms with van der Waals surface area (Å²) in [7, 11) is 1.26. The predicted molar refractivity (Wildman–Crippen MR) is 95.4 cm³/mol. The second kappa shape index (κ2) is 7.06. The first kappa shape index (κ1) is 17.0. The Bertz CT molecular complexity index is 991. The number of ether oxygens (including phenoxy) is 2. The molecule has 2 aromatic rings. The highest BCUT2D eigenvalue weighted by Gasteiger charge is 2.22. The Kier molecular flexibility index (Phi) is 4.45. The highest BCUT2D eigenvalue weighted by molar-refractivity contribution is 5.68. The molecule has 0 saturated carbocycles. The summed E-state index contributed by atoms with van der Waals surface area (Å²) in [5, 5.41) is 7.02. The van der Waals surface area contributed by atoms with E-state index in [1.807, 2.05) is 6.08 Å². The lowest BCUT2D eigenvalue weighted by molar-refractivity contribution is 0.170. The fourth-order valence-corrected chi connectivity index (χ4v) is 3.11. The third kappa shape index (κ3) is 3.33. The van der Waals surface area contributed by atoms with E-state index in [0.29, 0.717) is 17.0 Å². The Morgan fingerprint density at radius 2 is 2.30 bits per heavy atom. The fraction of sp³-hybridized carbons (Fsp3) is 0.211. The molecule has 1 aromatic carbocycles. The van der Waals surface area contributed by atoms with Crippen LogP contribution in [0.1, 0.15) is 18.4 Å². The highest BCUT2D eigenvalue weighted by Crippen LogP contribution is 2.36. The van der Waals surface area contributed by atoms with Crippen molar-refractivity contribution in [2.24, 2.45) is 0 Å². The zero-order valence-electron chi connectivity index (χ0n) is 14.6. The predicted octanol–water partition coefficient (Wildman–Crippen LogP) is 3.37. The zero-order valence-corrected chi connectivity index (χ0v) is 14.6. The SMILES string of the molecule is COC(=O)NCc1cc(-c2ncn(C3=C4C=COC=C4CC3)n2)ccc1F. The number of fused-ring (bicyclic) bond motifs is 1. The monoisotopic (exact) mass is 368 g/mol. The van der Waals surface area contributed by atoms with Crippen molar-refractivity contribution in [1.29, 1.82) is 0 Å². The van der Waals surface area contributed by atoms with E-state index in [-0.39, 0.29) is 6.54 Å². The molecule has 8 heteroatoms. The quantitative estimate of drug-likeness (QED) is 0.895. The highest BCUT2D eigenvalue weighted by atomic mass is 19.1. The van der Waals surface area contributed by atoms with E-state index in [4.69, 9.17) is 4.74 Å². The number of nitrogens with zero attached hydrogens (tertiary/aromatic N) is 3. The minimum atomic E-state index is -0.620. The lowest BCUT2D eigenvalue weighted by atomic mass is 10.1. The first-order chi connectivity index (χ1) is 13.2. The molecule has 0 radical (unpaired) electrons. The number of carbonyl (C=O) groups excluding carboxylic acids is 1. The van der Waals surface area contributed by atoms with Gasteiger partial charge in [-0.1, -0.05) is 0 Å². The number of benzene rings is 1. The van der Waals surface area contributed by atoms with Gasteiger partial charge in [0.1, 0.15) is 12.1 Å². The van der Waals surface area contributed by atoms with E-state index in [9.17, 15) is 9.18 Å². The van der Waals surface area contributed by atoms with Gasteiger partial charge in [-0.05, 0) is 42.7 Å². The van der Waals surface area contributed by atoms with E-state index in [1.54, 1.807) is 35.7 Å². The minimum absolute atomic E-state index is 0.0152. The number of rotatable bonds is 4. The van der Waals surface area contributed by atoms with Crippen LogP contribution in [-0.2, 0) is 16.0 Å². The van der Waals surface area contributed by atoms with Crippen molar-refractivity contribution in [2.75, 3.05) is 7.11 Å². The standard InChI is InChI=1S/C19H17FN4O3/c1-26-19(25)21-9-14-8-12(2-4-16(14)20)18-22-11-24(23-18)17-5-3-13-10-27-7-6-15(13)17/h2,4,6-8,10-11H,3,5,9H2,1H3,(H,21,25). The summed E-state index contributed by atoms with van der Waals surface area (Å²) in [6, 6.07) is 4.57. The van der Waals surface area contributed by atoms with Crippen molar-refractivity contribution in [3.05, 3.63) is 65.7 Å². The molecule has 1 N–H and O–H groups in total. The molecule has 0 unspecified atom stereocenters. The average molecular weight is 368 g/mol. The largest absolute Gasteiger partial charge is 0.472 e. The van der Waals surface area contributed by atoms with Crippen LogP contribution in [0.25, 0.3) is 17.1 Å². The van der Waals surface area contributed by atoms with Crippen molar-refractivity contribution in [3.8, 4) is 11.4 Å². The van der Waals surface area contributed by atoms with Gasteiger partial charge in [0, 0.05) is 23.2 Å². The maximum absolute atomic E-state index is 14.0. The Hall–Kier alpha value is -3.42. The molecule has 2 heterocycles. The Labute approximate surface area is 154 Å². The number of nitrogens with one attached hydrogen (secondary N) is 1. The van der Waals surface area contributed by atoms with Crippen molar-refractivity contribution in [1.82, 2.24) is 20.1 Å². The number of amides is 1. The lowest BCUT2D eigenvalue weighted by Gasteiger charge is -2.08. The summed E-state index contributed by atoms with van der Waals surface area (Å²) >= 11 is 0. The molecule has 0 spiro atoms. The van der Waals surface area contributed by atoms with Gasteiger partial charge in [0.25, 0.3) is 0 Å². The van der Waals surface area contributed by atoms with Crippen LogP contribution in [0.3, 0.4) is 0 Å². The van der Waals surface area contributed by atoms with Crippen LogP contribution >= 0.6 is 0 Å². The van der Waals surface area contributed by atoms with Crippen LogP contribution in [0, 0.1) is 5.82 Å². The number of halogens is 1. The van der Waals surface area contributed by atoms with Crippen molar-refractivity contribution < 1.29 is 18.7 Å². The maximum Gasteiger partial charge on any atom is 0.407 e. The molecule has 1 aliphatic carbocycles. The average Bonchev–Trinajstić information content (AvgIpc) is 3.34. The topological polar surface area (TPSA) is 78.3 Å². The van der Waals surface area contributed by atoms with Gasteiger partial charge < -0.3 is 14.8 Å². The molecule has 0 bridgehead atoms. The summed E-state index contributed by atoms with van der Waals surface area (Å²) in [6.45, 7) is 0.0152. The Morgan fingerprint density at radius 3 is 3.15 bits per heavy atom. The number of methoxy groups -OCH3 is 1. The molecule has 0 atom stereocenters. The number of carbonyl (C=O) groups is 1. The van der Waals surface area contributed by atoms with Crippen molar-refractivity contribution in [2.45, 2.75) is 19.4 Å². The number of allylic oxidation sites excluding steroid dienone is 4. The molecule has 1 aromatic heterocycles. The van der Waals surface area contributed by atoms with Crippen LogP contribution in [-0.4, -0.2) is 28.0 Å². The molecule has 0 saturated heterocycles. The Morgan fingerprint density at radius 1 is 1.41 bits per heavy atom. The number of alkyl carbamates (subject to hydrolysis) is 1. The third-order valence-corrected chi connectivity index (χ3v) is 4.49.